The van der Waals surface area contributed by atoms with Crippen molar-refractivity contribution in [3.8, 4) is 0 Å². The van der Waals surface area contributed by atoms with Gasteiger partial charge in [-0.25, -0.2) is 4.99 Å². The van der Waals surface area contributed by atoms with Crippen molar-refractivity contribution >= 4 is 16.9 Å². The van der Waals surface area contributed by atoms with E-state index in [1.807, 2.05) is 18.0 Å². The highest BCUT2D eigenvalue weighted by Crippen LogP contribution is 2.21. The van der Waals surface area contributed by atoms with Crippen LogP contribution in [0.3, 0.4) is 0 Å². The van der Waals surface area contributed by atoms with Gasteiger partial charge in [-0.3, -0.25) is 0 Å². The standard InChI is InChI=1S/C9H14N2S/c1-8-6-10-9(12-7-8)11-4-2-3-5-11/h6H,2-5,7H2,1H3. The number of nitrogens with zero attached hydrogens (tertiary/aromatic N) is 2. The average molecular weight is 182 g/mol. The van der Waals surface area contributed by atoms with Gasteiger partial charge in [-0.15, -0.1) is 0 Å². The second kappa shape index (κ2) is 3.52. The Morgan fingerprint density at radius 2 is 2.17 bits per heavy atom. The van der Waals surface area contributed by atoms with Crippen molar-refractivity contribution in [2.24, 2.45) is 4.99 Å². The van der Waals surface area contributed by atoms with Crippen LogP contribution in [0.4, 0.5) is 0 Å². The quantitative estimate of drug-likeness (QED) is 0.570. The van der Waals surface area contributed by atoms with Crippen LogP contribution < -0.4 is 0 Å². The zero-order valence-corrected chi connectivity index (χ0v) is 8.23. The highest BCUT2D eigenvalue weighted by atomic mass is 32.2. The summed E-state index contributed by atoms with van der Waals surface area (Å²) in [4.78, 5) is 6.83. The summed E-state index contributed by atoms with van der Waals surface area (Å²) in [5.74, 6) is 1.12. The second-order valence-electron chi connectivity index (χ2n) is 3.37. The number of aliphatic imine (C=N–C) groups is 1. The van der Waals surface area contributed by atoms with Gasteiger partial charge in [0.25, 0.3) is 0 Å². The smallest absolute Gasteiger partial charge is 0.164 e. The Bertz CT molecular complexity index is 227. The molecule has 0 unspecified atom stereocenters. The molecule has 0 aromatic heterocycles. The zero-order valence-electron chi connectivity index (χ0n) is 7.42. The van der Waals surface area contributed by atoms with Crippen LogP contribution in [-0.4, -0.2) is 28.9 Å². The van der Waals surface area contributed by atoms with E-state index in [1.54, 1.807) is 0 Å². The molecule has 2 aliphatic heterocycles. The minimum absolute atomic E-state index is 1.12. The Balaban J connectivity index is 2.04. The average Bonchev–Trinajstić information content (AvgIpc) is 2.58. The maximum atomic E-state index is 4.44. The van der Waals surface area contributed by atoms with Crippen LogP contribution in [0.5, 0.6) is 0 Å². The summed E-state index contributed by atoms with van der Waals surface area (Å²) in [6.07, 6.45) is 4.68. The van der Waals surface area contributed by atoms with E-state index in [4.69, 9.17) is 0 Å². The molecule has 0 bridgehead atoms. The van der Waals surface area contributed by atoms with E-state index >= 15 is 0 Å². The van der Waals surface area contributed by atoms with Gasteiger partial charge < -0.3 is 4.90 Å². The molecule has 0 saturated carbocycles. The summed E-state index contributed by atoms with van der Waals surface area (Å²) in [6.45, 7) is 4.55. The first-order chi connectivity index (χ1) is 5.86. The molecule has 0 amide bonds. The topological polar surface area (TPSA) is 15.6 Å². The molecule has 2 nitrogen and oxygen atoms in total. The highest BCUT2D eigenvalue weighted by molar-refractivity contribution is 8.14. The third-order valence-corrected chi connectivity index (χ3v) is 3.42. The van der Waals surface area contributed by atoms with Gasteiger partial charge in [0.2, 0.25) is 0 Å². The van der Waals surface area contributed by atoms with Gasteiger partial charge >= 0.3 is 0 Å². The molecule has 3 heteroatoms. The third-order valence-electron chi connectivity index (χ3n) is 2.20. The van der Waals surface area contributed by atoms with Crippen molar-refractivity contribution in [1.29, 1.82) is 0 Å². The van der Waals surface area contributed by atoms with Crippen molar-refractivity contribution < 1.29 is 0 Å². The molecule has 0 spiro atoms. The van der Waals surface area contributed by atoms with Crippen LogP contribution >= 0.6 is 11.8 Å². The number of hydrogen-bond donors (Lipinski definition) is 0. The zero-order chi connectivity index (χ0) is 8.39. The molecule has 0 aromatic rings. The van der Waals surface area contributed by atoms with E-state index in [0.29, 0.717) is 0 Å². The van der Waals surface area contributed by atoms with Gasteiger partial charge in [0.15, 0.2) is 5.17 Å². The Labute approximate surface area is 77.7 Å². The van der Waals surface area contributed by atoms with Gasteiger partial charge in [0, 0.05) is 25.0 Å². The fourth-order valence-corrected chi connectivity index (χ4v) is 2.42. The van der Waals surface area contributed by atoms with Crippen LogP contribution in [0.1, 0.15) is 19.8 Å². The molecular formula is C9H14N2S. The van der Waals surface area contributed by atoms with E-state index in [2.05, 4.69) is 16.8 Å². The molecule has 2 aliphatic rings. The monoisotopic (exact) mass is 182 g/mol. The summed E-state index contributed by atoms with van der Waals surface area (Å²) in [6, 6.07) is 0. The molecule has 1 saturated heterocycles. The molecule has 66 valence electrons. The lowest BCUT2D eigenvalue weighted by atomic mass is 10.4. The van der Waals surface area contributed by atoms with Crippen molar-refractivity contribution in [1.82, 2.24) is 4.90 Å². The first-order valence-corrected chi connectivity index (χ1v) is 5.46. The predicted molar refractivity (Wildman–Crippen MR) is 54.5 cm³/mol. The van der Waals surface area contributed by atoms with E-state index in [-0.39, 0.29) is 0 Å². The van der Waals surface area contributed by atoms with Crippen molar-refractivity contribution in [2.45, 2.75) is 19.8 Å². The number of amidine groups is 1. The molecule has 0 atom stereocenters. The number of likely N-dealkylation sites (tertiary alicyclic amines) is 1. The second-order valence-corrected chi connectivity index (χ2v) is 4.31. The summed E-state index contributed by atoms with van der Waals surface area (Å²) in [7, 11) is 0. The number of rotatable bonds is 0. The number of thioether (sulfide) groups is 1. The van der Waals surface area contributed by atoms with E-state index < -0.39 is 0 Å². The predicted octanol–water partition coefficient (Wildman–Crippen LogP) is 2.09. The number of hydrogen-bond acceptors (Lipinski definition) is 3. The van der Waals surface area contributed by atoms with Crippen LogP contribution in [0.15, 0.2) is 16.8 Å². The van der Waals surface area contributed by atoms with Crippen molar-refractivity contribution in [2.75, 3.05) is 18.8 Å². The normalized spacial score (nSPS) is 23.9. The van der Waals surface area contributed by atoms with Gasteiger partial charge in [0.1, 0.15) is 0 Å². The van der Waals surface area contributed by atoms with E-state index in [1.165, 1.54) is 36.7 Å². The van der Waals surface area contributed by atoms with Crippen LogP contribution in [-0.2, 0) is 0 Å². The van der Waals surface area contributed by atoms with Gasteiger partial charge in [-0.1, -0.05) is 11.8 Å². The molecule has 1 fully saturated rings. The van der Waals surface area contributed by atoms with Crippen LogP contribution in [0.25, 0.3) is 0 Å². The minimum Gasteiger partial charge on any atom is -0.351 e. The Morgan fingerprint density at radius 1 is 1.42 bits per heavy atom. The fourth-order valence-electron chi connectivity index (χ4n) is 1.50. The van der Waals surface area contributed by atoms with Gasteiger partial charge in [0.05, 0.1) is 0 Å². The molecular weight excluding hydrogens is 168 g/mol. The molecule has 0 aromatic carbocycles. The lowest BCUT2D eigenvalue weighted by molar-refractivity contribution is 0.530. The lowest BCUT2D eigenvalue weighted by Gasteiger charge is -2.20. The molecule has 0 aliphatic carbocycles. The third kappa shape index (κ3) is 1.66. The SMILES string of the molecule is CC1=CN=C(N2CCCC2)SC1. The Hall–Kier alpha value is -0.440. The van der Waals surface area contributed by atoms with E-state index in [0.717, 1.165) is 5.75 Å². The van der Waals surface area contributed by atoms with Gasteiger partial charge in [-0.05, 0) is 25.3 Å². The minimum atomic E-state index is 1.12. The molecule has 0 radical (unpaired) electrons. The van der Waals surface area contributed by atoms with Crippen LogP contribution in [0, 0.1) is 0 Å². The summed E-state index contributed by atoms with van der Waals surface area (Å²) in [5.41, 5.74) is 1.38. The summed E-state index contributed by atoms with van der Waals surface area (Å²) >= 11 is 1.88. The van der Waals surface area contributed by atoms with Gasteiger partial charge in [-0.2, -0.15) is 0 Å². The maximum Gasteiger partial charge on any atom is 0.164 e. The van der Waals surface area contributed by atoms with Crippen LogP contribution in [0.2, 0.25) is 0 Å². The highest BCUT2D eigenvalue weighted by Gasteiger charge is 2.17. The molecule has 2 rings (SSSR count). The summed E-state index contributed by atoms with van der Waals surface area (Å²) in [5, 5.41) is 1.23. The first-order valence-electron chi connectivity index (χ1n) is 4.47. The first kappa shape index (κ1) is 8.17. The Morgan fingerprint density at radius 3 is 2.75 bits per heavy atom. The van der Waals surface area contributed by atoms with E-state index in [9.17, 15) is 0 Å². The summed E-state index contributed by atoms with van der Waals surface area (Å²) < 4.78 is 0. The fraction of sp³-hybridized carbons (Fsp3) is 0.667. The molecule has 12 heavy (non-hydrogen) atoms. The lowest BCUT2D eigenvalue weighted by Crippen LogP contribution is -2.26. The Kier molecular flexibility index (Phi) is 2.40. The molecule has 2 heterocycles. The maximum absolute atomic E-state index is 4.44. The largest absolute Gasteiger partial charge is 0.351 e. The van der Waals surface area contributed by atoms with Crippen molar-refractivity contribution in [3.05, 3.63) is 11.8 Å². The molecule has 0 N–H and O–H groups in total. The van der Waals surface area contributed by atoms with Crippen molar-refractivity contribution in [3.63, 3.8) is 0 Å².